The van der Waals surface area contributed by atoms with Crippen LogP contribution in [0.15, 0.2) is 0 Å². The predicted molar refractivity (Wildman–Crippen MR) is 68.9 cm³/mol. The predicted octanol–water partition coefficient (Wildman–Crippen LogP) is 1.31. The molecule has 0 aliphatic carbocycles. The molecule has 0 bridgehead atoms. The number of rotatable bonds is 8. The van der Waals surface area contributed by atoms with Crippen molar-refractivity contribution in [2.24, 2.45) is 5.41 Å². The molecule has 1 saturated heterocycles. The molecule has 1 fully saturated rings. The van der Waals surface area contributed by atoms with Crippen LogP contribution >= 0.6 is 0 Å². The second-order valence-corrected chi connectivity index (χ2v) is 4.91. The highest BCUT2D eigenvalue weighted by molar-refractivity contribution is 5.83. The molecule has 4 nitrogen and oxygen atoms in total. The number of methoxy groups -OCH3 is 1. The van der Waals surface area contributed by atoms with E-state index in [1.807, 2.05) is 0 Å². The minimum absolute atomic E-state index is 0.143. The molecule has 1 aliphatic rings. The lowest BCUT2D eigenvalue weighted by Gasteiger charge is -2.26. The van der Waals surface area contributed by atoms with Gasteiger partial charge in [0.2, 0.25) is 5.91 Å². The number of hydrogen-bond acceptors (Lipinski definition) is 3. The second-order valence-electron chi connectivity index (χ2n) is 4.91. The lowest BCUT2D eigenvalue weighted by atomic mass is 9.81. The van der Waals surface area contributed by atoms with Crippen molar-refractivity contribution in [1.82, 2.24) is 10.6 Å². The van der Waals surface area contributed by atoms with Crippen molar-refractivity contribution in [1.29, 1.82) is 0 Å². The SMILES string of the molecule is CCCC1(C(=O)NCCCCOC)CCNC1. The van der Waals surface area contributed by atoms with E-state index < -0.39 is 0 Å². The highest BCUT2D eigenvalue weighted by atomic mass is 16.5. The quantitative estimate of drug-likeness (QED) is 0.631. The standard InChI is InChI=1S/C13H26N2O2/c1-3-6-13(7-9-14-11-13)12(16)15-8-4-5-10-17-2/h14H,3-11H2,1-2H3,(H,15,16). The fourth-order valence-corrected chi connectivity index (χ4v) is 2.50. The van der Waals surface area contributed by atoms with Crippen LogP contribution in [0.2, 0.25) is 0 Å². The summed E-state index contributed by atoms with van der Waals surface area (Å²) in [6.07, 6.45) is 5.04. The summed E-state index contributed by atoms with van der Waals surface area (Å²) in [4.78, 5) is 12.2. The van der Waals surface area contributed by atoms with E-state index in [1.165, 1.54) is 0 Å². The van der Waals surface area contributed by atoms with Gasteiger partial charge in [-0.25, -0.2) is 0 Å². The number of carbonyl (C=O) groups is 1. The monoisotopic (exact) mass is 242 g/mol. The topological polar surface area (TPSA) is 50.4 Å². The minimum atomic E-state index is -0.143. The van der Waals surface area contributed by atoms with E-state index in [1.54, 1.807) is 7.11 Å². The maximum absolute atomic E-state index is 12.2. The van der Waals surface area contributed by atoms with Gasteiger partial charge >= 0.3 is 0 Å². The average Bonchev–Trinajstić information content (AvgIpc) is 2.79. The highest BCUT2D eigenvalue weighted by Gasteiger charge is 2.39. The first-order valence-electron chi connectivity index (χ1n) is 6.73. The molecule has 1 atom stereocenters. The van der Waals surface area contributed by atoms with Gasteiger partial charge in [0.25, 0.3) is 0 Å². The molecule has 100 valence electrons. The summed E-state index contributed by atoms with van der Waals surface area (Å²) in [5, 5.41) is 6.38. The van der Waals surface area contributed by atoms with Gasteiger partial charge < -0.3 is 15.4 Å². The van der Waals surface area contributed by atoms with Gasteiger partial charge in [0.1, 0.15) is 0 Å². The van der Waals surface area contributed by atoms with Crippen LogP contribution in [-0.2, 0) is 9.53 Å². The number of nitrogens with one attached hydrogen (secondary N) is 2. The van der Waals surface area contributed by atoms with E-state index in [-0.39, 0.29) is 11.3 Å². The molecular weight excluding hydrogens is 216 g/mol. The molecule has 4 heteroatoms. The molecule has 1 rings (SSSR count). The zero-order valence-corrected chi connectivity index (χ0v) is 11.2. The van der Waals surface area contributed by atoms with Gasteiger partial charge in [-0.15, -0.1) is 0 Å². The van der Waals surface area contributed by atoms with E-state index >= 15 is 0 Å². The Balaban J connectivity index is 2.28. The van der Waals surface area contributed by atoms with E-state index in [0.717, 1.165) is 58.3 Å². The van der Waals surface area contributed by atoms with Crippen molar-refractivity contribution in [3.05, 3.63) is 0 Å². The normalized spacial score (nSPS) is 23.9. The maximum atomic E-state index is 12.2. The smallest absolute Gasteiger partial charge is 0.227 e. The minimum Gasteiger partial charge on any atom is -0.385 e. The van der Waals surface area contributed by atoms with Crippen LogP contribution in [0.25, 0.3) is 0 Å². The molecule has 17 heavy (non-hydrogen) atoms. The van der Waals surface area contributed by atoms with Crippen LogP contribution in [0.4, 0.5) is 0 Å². The van der Waals surface area contributed by atoms with Crippen LogP contribution in [0.3, 0.4) is 0 Å². The molecule has 1 amide bonds. The van der Waals surface area contributed by atoms with Gasteiger partial charge in [-0.1, -0.05) is 13.3 Å². The van der Waals surface area contributed by atoms with Gasteiger partial charge in [-0.2, -0.15) is 0 Å². The van der Waals surface area contributed by atoms with Crippen LogP contribution in [0.5, 0.6) is 0 Å². The highest BCUT2D eigenvalue weighted by Crippen LogP contribution is 2.31. The zero-order valence-electron chi connectivity index (χ0n) is 11.2. The summed E-state index contributed by atoms with van der Waals surface area (Å²) in [6, 6.07) is 0. The van der Waals surface area contributed by atoms with Crippen LogP contribution in [-0.4, -0.2) is 39.3 Å². The first kappa shape index (κ1) is 14.5. The summed E-state index contributed by atoms with van der Waals surface area (Å²) in [5.41, 5.74) is -0.143. The average molecular weight is 242 g/mol. The molecule has 1 unspecified atom stereocenters. The van der Waals surface area contributed by atoms with Crippen molar-refractivity contribution >= 4 is 5.91 Å². The lowest BCUT2D eigenvalue weighted by Crippen LogP contribution is -2.42. The van der Waals surface area contributed by atoms with Crippen molar-refractivity contribution < 1.29 is 9.53 Å². The second kappa shape index (κ2) is 7.67. The van der Waals surface area contributed by atoms with Crippen molar-refractivity contribution in [3.8, 4) is 0 Å². The Morgan fingerprint density at radius 3 is 2.88 bits per heavy atom. The fraction of sp³-hybridized carbons (Fsp3) is 0.923. The summed E-state index contributed by atoms with van der Waals surface area (Å²) in [6.45, 7) is 5.50. The maximum Gasteiger partial charge on any atom is 0.227 e. The van der Waals surface area contributed by atoms with Gasteiger partial charge in [0.15, 0.2) is 0 Å². The Morgan fingerprint density at radius 1 is 1.47 bits per heavy atom. The fourth-order valence-electron chi connectivity index (χ4n) is 2.50. The Morgan fingerprint density at radius 2 is 2.29 bits per heavy atom. The van der Waals surface area contributed by atoms with Gasteiger partial charge in [-0.3, -0.25) is 4.79 Å². The van der Waals surface area contributed by atoms with Crippen LogP contribution in [0, 0.1) is 5.41 Å². The molecular formula is C13H26N2O2. The first-order chi connectivity index (χ1) is 8.25. The number of hydrogen-bond donors (Lipinski definition) is 2. The third-order valence-corrected chi connectivity index (χ3v) is 3.51. The Labute approximate surface area is 104 Å². The number of unbranched alkanes of at least 4 members (excludes halogenated alkanes) is 1. The third kappa shape index (κ3) is 4.28. The Kier molecular flexibility index (Phi) is 6.52. The number of ether oxygens (including phenoxy) is 1. The molecule has 0 saturated carbocycles. The van der Waals surface area contributed by atoms with Crippen molar-refractivity contribution in [2.45, 2.75) is 39.0 Å². The molecule has 0 radical (unpaired) electrons. The summed E-state index contributed by atoms with van der Waals surface area (Å²) in [7, 11) is 1.71. The number of carbonyl (C=O) groups excluding carboxylic acids is 1. The molecule has 2 N–H and O–H groups in total. The zero-order chi connectivity index (χ0) is 12.6. The van der Waals surface area contributed by atoms with E-state index in [4.69, 9.17) is 4.74 Å². The lowest BCUT2D eigenvalue weighted by molar-refractivity contribution is -0.130. The van der Waals surface area contributed by atoms with Crippen LogP contribution in [0.1, 0.15) is 39.0 Å². The molecule has 1 aliphatic heterocycles. The van der Waals surface area contributed by atoms with E-state index in [0.29, 0.717) is 0 Å². The number of amides is 1. The van der Waals surface area contributed by atoms with Gasteiger partial charge in [-0.05, 0) is 32.2 Å². The Hall–Kier alpha value is -0.610. The summed E-state index contributed by atoms with van der Waals surface area (Å²) >= 11 is 0. The van der Waals surface area contributed by atoms with Gasteiger partial charge in [0.05, 0.1) is 5.41 Å². The van der Waals surface area contributed by atoms with Crippen LogP contribution < -0.4 is 10.6 Å². The first-order valence-corrected chi connectivity index (χ1v) is 6.73. The largest absolute Gasteiger partial charge is 0.385 e. The molecule has 0 aromatic carbocycles. The van der Waals surface area contributed by atoms with Crippen molar-refractivity contribution in [3.63, 3.8) is 0 Å². The van der Waals surface area contributed by atoms with Crippen molar-refractivity contribution in [2.75, 3.05) is 33.4 Å². The summed E-state index contributed by atoms with van der Waals surface area (Å²) in [5.74, 6) is 0.238. The Bertz CT molecular complexity index is 225. The molecule has 0 aromatic rings. The summed E-state index contributed by atoms with van der Waals surface area (Å²) < 4.78 is 4.98. The molecule has 0 spiro atoms. The third-order valence-electron chi connectivity index (χ3n) is 3.51. The molecule has 0 aromatic heterocycles. The van der Waals surface area contributed by atoms with E-state index in [9.17, 15) is 4.79 Å². The van der Waals surface area contributed by atoms with E-state index in [2.05, 4.69) is 17.6 Å². The molecule has 1 heterocycles. The van der Waals surface area contributed by atoms with Gasteiger partial charge in [0, 0.05) is 26.8 Å².